The van der Waals surface area contributed by atoms with Crippen LogP contribution in [0, 0.1) is 5.92 Å². The molecule has 0 amide bonds. The Hall–Kier alpha value is -0.450. The highest BCUT2D eigenvalue weighted by Gasteiger charge is 2.12. The number of hydrogen-bond acceptors (Lipinski definition) is 3. The number of halogens is 2. The van der Waals surface area contributed by atoms with Crippen LogP contribution in [0.1, 0.15) is 26.3 Å². The zero-order valence-electron chi connectivity index (χ0n) is 12.2. The highest BCUT2D eigenvalue weighted by atomic mass is 79.9. The van der Waals surface area contributed by atoms with Crippen LogP contribution in [-0.4, -0.2) is 26.4 Å². The molecule has 0 aliphatic carbocycles. The molecule has 20 heavy (non-hydrogen) atoms. The van der Waals surface area contributed by atoms with Crippen LogP contribution in [0.4, 0.5) is 0 Å². The van der Waals surface area contributed by atoms with Gasteiger partial charge in [-0.1, -0.05) is 13.8 Å². The molecule has 1 rings (SSSR count). The van der Waals surface area contributed by atoms with E-state index < -0.39 is 0 Å². The normalized spacial score (nSPS) is 10.9. The van der Waals surface area contributed by atoms with E-state index in [0.29, 0.717) is 43.1 Å². The molecule has 5 heteroatoms. The molecule has 0 radical (unpaired) electrons. The Labute approximate surface area is 134 Å². The molecule has 114 valence electrons. The minimum absolute atomic E-state index is 0.441. The standard InChI is InChI=1S/C15H22BrClO3/c1-4-19-14-8-12(9-17)7-13(16)15(14)20-6-5-18-10-11(2)3/h7-8,11H,4-6,9-10H2,1-3H3. The number of hydrogen-bond donors (Lipinski definition) is 0. The van der Waals surface area contributed by atoms with Crippen molar-refractivity contribution in [2.45, 2.75) is 26.7 Å². The SMILES string of the molecule is CCOc1cc(CCl)cc(Br)c1OCCOCC(C)C. The Morgan fingerprint density at radius 1 is 1.20 bits per heavy atom. The third-order valence-electron chi connectivity index (χ3n) is 2.45. The average molecular weight is 366 g/mol. The van der Waals surface area contributed by atoms with Crippen molar-refractivity contribution in [3.8, 4) is 11.5 Å². The first-order chi connectivity index (χ1) is 9.58. The van der Waals surface area contributed by atoms with E-state index in [4.69, 9.17) is 25.8 Å². The predicted molar refractivity (Wildman–Crippen MR) is 86.0 cm³/mol. The van der Waals surface area contributed by atoms with Gasteiger partial charge in [0.15, 0.2) is 11.5 Å². The fourth-order valence-corrected chi connectivity index (χ4v) is 2.38. The van der Waals surface area contributed by atoms with Crippen LogP contribution in [0.5, 0.6) is 11.5 Å². The highest BCUT2D eigenvalue weighted by Crippen LogP contribution is 2.37. The van der Waals surface area contributed by atoms with Crippen molar-refractivity contribution < 1.29 is 14.2 Å². The van der Waals surface area contributed by atoms with Gasteiger partial charge in [0.1, 0.15) is 6.61 Å². The van der Waals surface area contributed by atoms with Gasteiger partial charge < -0.3 is 14.2 Å². The van der Waals surface area contributed by atoms with Gasteiger partial charge in [-0.3, -0.25) is 0 Å². The Kier molecular flexibility index (Phi) is 8.34. The second-order valence-corrected chi connectivity index (χ2v) is 5.91. The summed E-state index contributed by atoms with van der Waals surface area (Å²) in [5.41, 5.74) is 0.991. The fourth-order valence-electron chi connectivity index (χ4n) is 1.62. The lowest BCUT2D eigenvalue weighted by Crippen LogP contribution is -2.11. The summed E-state index contributed by atoms with van der Waals surface area (Å²) in [4.78, 5) is 0. The van der Waals surface area contributed by atoms with E-state index in [9.17, 15) is 0 Å². The molecule has 0 aliphatic rings. The lowest BCUT2D eigenvalue weighted by atomic mass is 10.2. The number of alkyl halides is 1. The van der Waals surface area contributed by atoms with Crippen molar-refractivity contribution in [2.24, 2.45) is 5.92 Å². The Morgan fingerprint density at radius 3 is 2.55 bits per heavy atom. The largest absolute Gasteiger partial charge is 0.490 e. The summed E-state index contributed by atoms with van der Waals surface area (Å²) in [7, 11) is 0. The van der Waals surface area contributed by atoms with E-state index in [2.05, 4.69) is 29.8 Å². The summed E-state index contributed by atoms with van der Waals surface area (Å²) in [5, 5.41) is 0. The zero-order valence-corrected chi connectivity index (χ0v) is 14.6. The molecular formula is C15H22BrClO3. The minimum Gasteiger partial charge on any atom is -0.490 e. The van der Waals surface area contributed by atoms with E-state index in [0.717, 1.165) is 16.6 Å². The molecular weight excluding hydrogens is 344 g/mol. The molecule has 0 spiro atoms. The fraction of sp³-hybridized carbons (Fsp3) is 0.600. The number of benzene rings is 1. The molecule has 0 N–H and O–H groups in total. The Morgan fingerprint density at radius 2 is 1.95 bits per heavy atom. The van der Waals surface area contributed by atoms with Crippen molar-refractivity contribution in [3.05, 3.63) is 22.2 Å². The third kappa shape index (κ3) is 5.90. The van der Waals surface area contributed by atoms with Crippen molar-refractivity contribution in [1.29, 1.82) is 0 Å². The van der Waals surface area contributed by atoms with Crippen LogP contribution < -0.4 is 9.47 Å². The van der Waals surface area contributed by atoms with E-state index in [1.54, 1.807) is 0 Å². The first-order valence-electron chi connectivity index (χ1n) is 6.80. The first kappa shape index (κ1) is 17.6. The Bertz CT molecular complexity index is 410. The van der Waals surface area contributed by atoms with Gasteiger partial charge in [0.25, 0.3) is 0 Å². The molecule has 0 saturated heterocycles. The van der Waals surface area contributed by atoms with Crippen molar-refractivity contribution in [2.75, 3.05) is 26.4 Å². The van der Waals surface area contributed by atoms with E-state index in [1.807, 2.05) is 19.1 Å². The summed E-state index contributed by atoms with van der Waals surface area (Å²) in [6, 6.07) is 3.85. The molecule has 0 heterocycles. The van der Waals surface area contributed by atoms with Crippen LogP contribution in [0.25, 0.3) is 0 Å². The molecule has 0 fully saturated rings. The molecule has 1 aromatic rings. The molecule has 0 aliphatic heterocycles. The van der Waals surface area contributed by atoms with Gasteiger partial charge in [-0.05, 0) is 46.5 Å². The smallest absolute Gasteiger partial charge is 0.175 e. The number of ether oxygens (including phenoxy) is 3. The molecule has 0 saturated carbocycles. The van der Waals surface area contributed by atoms with E-state index >= 15 is 0 Å². The zero-order chi connectivity index (χ0) is 15.0. The van der Waals surface area contributed by atoms with E-state index in [1.165, 1.54) is 0 Å². The topological polar surface area (TPSA) is 27.7 Å². The summed E-state index contributed by atoms with van der Waals surface area (Å²) >= 11 is 9.36. The lowest BCUT2D eigenvalue weighted by molar-refractivity contribution is 0.0806. The van der Waals surface area contributed by atoms with Gasteiger partial charge in [-0.2, -0.15) is 0 Å². The molecule has 3 nitrogen and oxygen atoms in total. The summed E-state index contributed by atoms with van der Waals surface area (Å²) in [6.07, 6.45) is 0. The van der Waals surface area contributed by atoms with Crippen molar-refractivity contribution >= 4 is 27.5 Å². The summed E-state index contributed by atoms with van der Waals surface area (Å²) < 4.78 is 17.7. The Balaban J connectivity index is 2.63. The average Bonchev–Trinajstić information content (AvgIpc) is 2.40. The maximum Gasteiger partial charge on any atom is 0.175 e. The van der Waals surface area contributed by atoms with Gasteiger partial charge in [-0.25, -0.2) is 0 Å². The van der Waals surface area contributed by atoms with Crippen molar-refractivity contribution in [1.82, 2.24) is 0 Å². The second kappa shape index (κ2) is 9.48. The van der Waals surface area contributed by atoms with Crippen LogP contribution >= 0.6 is 27.5 Å². The molecule has 0 aromatic heterocycles. The summed E-state index contributed by atoms with van der Waals surface area (Å²) in [6.45, 7) is 8.56. The summed E-state index contributed by atoms with van der Waals surface area (Å²) in [5.74, 6) is 2.38. The van der Waals surface area contributed by atoms with Gasteiger partial charge in [0.2, 0.25) is 0 Å². The van der Waals surface area contributed by atoms with Gasteiger partial charge in [-0.15, -0.1) is 11.6 Å². The van der Waals surface area contributed by atoms with Gasteiger partial charge in [0, 0.05) is 12.5 Å². The maximum absolute atomic E-state index is 5.86. The van der Waals surface area contributed by atoms with Crippen LogP contribution in [0.2, 0.25) is 0 Å². The molecule has 0 atom stereocenters. The number of rotatable bonds is 9. The molecule has 1 aromatic carbocycles. The minimum atomic E-state index is 0.441. The van der Waals surface area contributed by atoms with Gasteiger partial charge >= 0.3 is 0 Å². The van der Waals surface area contributed by atoms with E-state index in [-0.39, 0.29) is 0 Å². The molecule has 0 unspecified atom stereocenters. The van der Waals surface area contributed by atoms with Gasteiger partial charge in [0.05, 0.1) is 17.7 Å². The lowest BCUT2D eigenvalue weighted by Gasteiger charge is -2.15. The van der Waals surface area contributed by atoms with Crippen LogP contribution in [-0.2, 0) is 10.6 Å². The van der Waals surface area contributed by atoms with Crippen LogP contribution in [0.15, 0.2) is 16.6 Å². The quantitative estimate of drug-likeness (QED) is 0.471. The highest BCUT2D eigenvalue weighted by molar-refractivity contribution is 9.10. The van der Waals surface area contributed by atoms with Crippen molar-refractivity contribution in [3.63, 3.8) is 0 Å². The monoisotopic (exact) mass is 364 g/mol. The van der Waals surface area contributed by atoms with Crippen LogP contribution in [0.3, 0.4) is 0 Å². The second-order valence-electron chi connectivity index (χ2n) is 4.79. The maximum atomic E-state index is 5.86. The third-order valence-corrected chi connectivity index (χ3v) is 3.35. The predicted octanol–water partition coefficient (Wildman–Crippen LogP) is 4.64. The molecule has 0 bridgehead atoms. The first-order valence-corrected chi connectivity index (χ1v) is 8.13.